The summed E-state index contributed by atoms with van der Waals surface area (Å²) in [6.07, 6.45) is -8.55. The monoisotopic (exact) mass is 526 g/mol. The first kappa shape index (κ1) is 27.9. The number of halogens is 6. The summed E-state index contributed by atoms with van der Waals surface area (Å²) in [4.78, 5) is 30.5. The van der Waals surface area contributed by atoms with Crippen molar-refractivity contribution in [3.8, 4) is 0 Å². The molecule has 2 atom stereocenters. The quantitative estimate of drug-likeness (QED) is 0.293. The van der Waals surface area contributed by atoms with Gasteiger partial charge in [0.05, 0.1) is 11.6 Å². The number of hydrogen-bond acceptors (Lipinski definition) is 4. The number of allylic oxidation sites excluding steroid dienone is 3. The zero-order chi connectivity index (χ0) is 27.5. The number of nitrogens with zero attached hydrogens (tertiary/aromatic N) is 2. The van der Waals surface area contributed by atoms with Crippen LogP contribution in [0.4, 0.5) is 31.1 Å². The fourth-order valence-electron chi connectivity index (χ4n) is 4.06. The van der Waals surface area contributed by atoms with Gasteiger partial charge in [0.2, 0.25) is 5.91 Å². The van der Waals surface area contributed by atoms with E-state index in [9.17, 15) is 35.9 Å². The molecular weight excluding hydrogens is 502 g/mol. The second-order valence-corrected chi connectivity index (χ2v) is 8.56. The molecule has 37 heavy (non-hydrogen) atoms. The number of imide groups is 1. The predicted molar refractivity (Wildman–Crippen MR) is 124 cm³/mol. The molecule has 0 unspecified atom stereocenters. The Hall–Kier alpha value is -3.63. The SMILES string of the molecule is C=C(/C=C(\C=C(/C)C(F)(F)F)C(F)(F)F)[C@H]1OC(=O)N(C(=O)CCc2cncc3ccccc23)[C@H]1CC. The molecule has 3 rings (SSSR count). The number of aromatic nitrogens is 1. The zero-order valence-electron chi connectivity index (χ0n) is 20.0. The van der Waals surface area contributed by atoms with Gasteiger partial charge in [0.1, 0.15) is 6.10 Å². The molecule has 0 spiro atoms. The molecule has 5 nitrogen and oxygen atoms in total. The van der Waals surface area contributed by atoms with Crippen molar-refractivity contribution < 1.29 is 40.7 Å². The molecule has 0 bridgehead atoms. The lowest BCUT2D eigenvalue weighted by Gasteiger charge is -2.23. The molecule has 1 aromatic carbocycles. The molecule has 1 aliphatic rings. The lowest BCUT2D eigenvalue weighted by molar-refractivity contribution is -0.129. The van der Waals surface area contributed by atoms with E-state index in [0.717, 1.165) is 21.2 Å². The van der Waals surface area contributed by atoms with E-state index in [1.54, 1.807) is 19.3 Å². The Morgan fingerprint density at radius 2 is 1.78 bits per heavy atom. The van der Waals surface area contributed by atoms with Crippen molar-refractivity contribution in [1.29, 1.82) is 0 Å². The molecule has 1 saturated heterocycles. The van der Waals surface area contributed by atoms with E-state index in [-0.39, 0.29) is 30.9 Å². The van der Waals surface area contributed by atoms with Crippen LogP contribution in [0.15, 0.2) is 72.1 Å². The van der Waals surface area contributed by atoms with E-state index >= 15 is 0 Å². The predicted octanol–water partition coefficient (Wildman–Crippen LogP) is 6.85. The minimum Gasteiger partial charge on any atom is -0.439 e. The highest BCUT2D eigenvalue weighted by Gasteiger charge is 2.45. The summed E-state index contributed by atoms with van der Waals surface area (Å²) >= 11 is 0. The number of pyridine rings is 1. The first-order valence-electron chi connectivity index (χ1n) is 11.3. The highest BCUT2D eigenvalue weighted by molar-refractivity contribution is 5.94. The van der Waals surface area contributed by atoms with Gasteiger partial charge in [-0.15, -0.1) is 0 Å². The van der Waals surface area contributed by atoms with Crippen molar-refractivity contribution in [3.05, 3.63) is 77.7 Å². The molecule has 2 aromatic rings. The average Bonchev–Trinajstić information content (AvgIpc) is 3.17. The second kappa shape index (κ2) is 10.8. The van der Waals surface area contributed by atoms with Crippen LogP contribution in [0, 0.1) is 0 Å². The molecule has 2 heterocycles. The third kappa shape index (κ3) is 6.39. The van der Waals surface area contributed by atoms with Gasteiger partial charge >= 0.3 is 18.4 Å². The molecule has 2 amide bonds. The number of fused-ring (bicyclic) bond motifs is 1. The normalized spacial score (nSPS) is 19.4. The second-order valence-electron chi connectivity index (χ2n) is 8.56. The molecular formula is C26H24F6N2O3. The van der Waals surface area contributed by atoms with E-state index in [0.29, 0.717) is 13.0 Å². The highest BCUT2D eigenvalue weighted by atomic mass is 19.4. The molecule has 1 aliphatic heterocycles. The summed E-state index contributed by atoms with van der Waals surface area (Å²) in [7, 11) is 0. The van der Waals surface area contributed by atoms with E-state index in [4.69, 9.17) is 4.74 Å². The third-order valence-electron chi connectivity index (χ3n) is 6.00. The standard InChI is InChI=1S/C26H24F6N2O3/c1-4-21-23(15(2)11-19(26(30,31)32)12-16(3)25(27,28)29)37-24(36)34(21)22(35)10-9-18-14-33-13-17-7-5-6-8-20(17)18/h5-8,11-14,21,23H,2,4,9-10H2,1,3H3/b16-12+,19-11+/t21-,23+/m0/s1. The summed E-state index contributed by atoms with van der Waals surface area (Å²) in [5, 5.41) is 1.76. The van der Waals surface area contributed by atoms with Gasteiger partial charge in [-0.1, -0.05) is 37.8 Å². The third-order valence-corrected chi connectivity index (χ3v) is 6.00. The Balaban J connectivity index is 1.81. The van der Waals surface area contributed by atoms with E-state index in [2.05, 4.69) is 11.6 Å². The molecule has 1 fully saturated rings. The maximum atomic E-state index is 13.5. The largest absolute Gasteiger partial charge is 0.439 e. The summed E-state index contributed by atoms with van der Waals surface area (Å²) in [5.41, 5.74) is -2.67. The Bertz CT molecular complexity index is 1260. The van der Waals surface area contributed by atoms with Crippen LogP contribution in [-0.4, -0.2) is 46.4 Å². The lowest BCUT2D eigenvalue weighted by atomic mass is 9.97. The smallest absolute Gasteiger partial charge is 0.417 e. The summed E-state index contributed by atoms with van der Waals surface area (Å²) < 4.78 is 84.0. The number of cyclic esters (lactones) is 1. The number of carbonyl (C=O) groups is 2. The molecule has 1 aromatic heterocycles. The maximum Gasteiger partial charge on any atom is 0.417 e. The first-order chi connectivity index (χ1) is 17.2. The van der Waals surface area contributed by atoms with Gasteiger partial charge in [-0.3, -0.25) is 9.78 Å². The summed E-state index contributed by atoms with van der Waals surface area (Å²) in [6, 6.07) is 6.44. The Labute approximate surface area is 209 Å². The van der Waals surface area contributed by atoms with Gasteiger partial charge in [0.15, 0.2) is 0 Å². The number of aryl methyl sites for hydroxylation is 1. The van der Waals surface area contributed by atoms with Gasteiger partial charge in [-0.25, -0.2) is 9.69 Å². The molecule has 0 aliphatic carbocycles. The van der Waals surface area contributed by atoms with Crippen molar-refractivity contribution in [2.75, 3.05) is 0 Å². The van der Waals surface area contributed by atoms with Crippen molar-refractivity contribution in [3.63, 3.8) is 0 Å². The van der Waals surface area contributed by atoms with Gasteiger partial charge in [-0.2, -0.15) is 26.3 Å². The van der Waals surface area contributed by atoms with Crippen LogP contribution in [0.25, 0.3) is 10.8 Å². The van der Waals surface area contributed by atoms with Crippen LogP contribution in [0.1, 0.15) is 32.3 Å². The van der Waals surface area contributed by atoms with Crippen LogP contribution >= 0.6 is 0 Å². The van der Waals surface area contributed by atoms with E-state index in [1.807, 2.05) is 24.3 Å². The summed E-state index contributed by atoms with van der Waals surface area (Å²) in [6.45, 7) is 5.62. The minimum atomic E-state index is -5.12. The highest BCUT2D eigenvalue weighted by Crippen LogP contribution is 2.35. The van der Waals surface area contributed by atoms with Gasteiger partial charge < -0.3 is 4.74 Å². The molecule has 0 N–H and O–H groups in total. The van der Waals surface area contributed by atoms with Crippen molar-refractivity contribution in [2.24, 2.45) is 0 Å². The zero-order valence-corrected chi connectivity index (χ0v) is 20.0. The maximum absolute atomic E-state index is 13.5. The fraction of sp³-hybridized carbons (Fsp3) is 0.346. The Morgan fingerprint density at radius 3 is 2.41 bits per heavy atom. The van der Waals surface area contributed by atoms with Crippen LogP contribution < -0.4 is 0 Å². The van der Waals surface area contributed by atoms with Crippen LogP contribution in [0.2, 0.25) is 0 Å². The lowest BCUT2D eigenvalue weighted by Crippen LogP contribution is -2.41. The number of alkyl halides is 6. The van der Waals surface area contributed by atoms with Crippen LogP contribution in [0.3, 0.4) is 0 Å². The van der Waals surface area contributed by atoms with Gasteiger partial charge in [0.25, 0.3) is 0 Å². The number of ether oxygens (including phenoxy) is 1. The number of benzene rings is 1. The van der Waals surface area contributed by atoms with Crippen molar-refractivity contribution in [1.82, 2.24) is 9.88 Å². The molecule has 198 valence electrons. The van der Waals surface area contributed by atoms with Crippen molar-refractivity contribution >= 4 is 22.8 Å². The molecule has 0 saturated carbocycles. The van der Waals surface area contributed by atoms with E-state index in [1.165, 1.54) is 0 Å². The average molecular weight is 526 g/mol. The van der Waals surface area contributed by atoms with Crippen LogP contribution in [-0.2, 0) is 16.0 Å². The number of hydrogen-bond donors (Lipinski definition) is 0. The number of amides is 2. The number of rotatable bonds is 7. The Kier molecular flexibility index (Phi) is 8.14. The first-order valence-corrected chi connectivity index (χ1v) is 11.3. The Morgan fingerprint density at radius 1 is 1.11 bits per heavy atom. The topological polar surface area (TPSA) is 59.5 Å². The fourth-order valence-corrected chi connectivity index (χ4v) is 4.06. The summed E-state index contributed by atoms with van der Waals surface area (Å²) in [5.74, 6) is -0.604. The molecule has 11 heteroatoms. The van der Waals surface area contributed by atoms with E-state index < -0.39 is 47.6 Å². The number of carbonyl (C=O) groups excluding carboxylic acids is 2. The van der Waals surface area contributed by atoms with Crippen LogP contribution in [0.5, 0.6) is 0 Å². The minimum absolute atomic E-state index is 0.0377. The van der Waals surface area contributed by atoms with Crippen molar-refractivity contribution in [2.45, 2.75) is 57.6 Å². The van der Waals surface area contributed by atoms with Gasteiger partial charge in [0, 0.05) is 29.8 Å². The van der Waals surface area contributed by atoms with Gasteiger partial charge in [-0.05, 0) is 48.4 Å². The molecule has 0 radical (unpaired) electrons.